The molecule has 1 saturated carbocycles. The molecule has 4 rings (SSSR count). The number of sulfonamides is 2. The van der Waals surface area contributed by atoms with Crippen LogP contribution in [0.25, 0.3) is 0 Å². The molecule has 160 valence electrons. The molecule has 0 atom stereocenters. The molecule has 0 unspecified atom stereocenters. The Morgan fingerprint density at radius 3 is 2.37 bits per heavy atom. The van der Waals surface area contributed by atoms with E-state index in [-0.39, 0.29) is 26.7 Å². The molecule has 30 heavy (non-hydrogen) atoms. The van der Waals surface area contributed by atoms with Gasteiger partial charge in [-0.2, -0.15) is 5.10 Å². The molecule has 0 amide bonds. The van der Waals surface area contributed by atoms with Gasteiger partial charge in [0.1, 0.15) is 4.90 Å². The van der Waals surface area contributed by atoms with E-state index in [1.807, 2.05) is 0 Å². The van der Waals surface area contributed by atoms with Crippen molar-refractivity contribution in [3.63, 3.8) is 0 Å². The Balaban J connectivity index is 1.51. The number of thiazole rings is 1. The van der Waals surface area contributed by atoms with Gasteiger partial charge in [-0.05, 0) is 44.0 Å². The van der Waals surface area contributed by atoms with E-state index >= 15 is 0 Å². The van der Waals surface area contributed by atoms with Gasteiger partial charge in [-0.25, -0.2) is 21.8 Å². The zero-order valence-corrected chi connectivity index (χ0v) is 18.6. The molecule has 9 nitrogen and oxygen atoms in total. The van der Waals surface area contributed by atoms with Crippen molar-refractivity contribution < 1.29 is 16.8 Å². The first-order valence-corrected chi connectivity index (χ1v) is 13.2. The molecule has 2 aromatic heterocycles. The van der Waals surface area contributed by atoms with Crippen LogP contribution in [-0.2, 0) is 20.0 Å². The van der Waals surface area contributed by atoms with Crippen molar-refractivity contribution in [1.29, 1.82) is 0 Å². The number of hydrogen-bond donors (Lipinski definition) is 2. The Kier molecular flexibility index (Phi) is 5.55. The quantitative estimate of drug-likeness (QED) is 0.549. The predicted octanol–water partition coefficient (Wildman–Crippen LogP) is 3.36. The zero-order chi connectivity index (χ0) is 21.4. The van der Waals surface area contributed by atoms with E-state index in [4.69, 9.17) is 0 Å². The largest absolute Gasteiger partial charge is 0.280 e. The van der Waals surface area contributed by atoms with Crippen molar-refractivity contribution in [2.45, 2.75) is 48.4 Å². The zero-order valence-electron chi connectivity index (χ0n) is 16.1. The van der Waals surface area contributed by atoms with E-state index in [2.05, 4.69) is 19.5 Å². The first kappa shape index (κ1) is 20.8. The number of hydrogen-bond acceptors (Lipinski definition) is 7. The van der Waals surface area contributed by atoms with Gasteiger partial charge < -0.3 is 0 Å². The van der Waals surface area contributed by atoms with Gasteiger partial charge in [-0.1, -0.05) is 12.8 Å². The summed E-state index contributed by atoms with van der Waals surface area (Å²) in [7, 11) is -7.65. The van der Waals surface area contributed by atoms with Crippen LogP contribution < -0.4 is 9.44 Å². The first-order valence-electron chi connectivity index (χ1n) is 9.35. The lowest BCUT2D eigenvalue weighted by Gasteiger charge is -2.10. The summed E-state index contributed by atoms with van der Waals surface area (Å²) in [6, 6.07) is 5.73. The average molecular weight is 468 g/mol. The van der Waals surface area contributed by atoms with E-state index in [0.717, 1.165) is 37.0 Å². The Labute approximate surface area is 179 Å². The second-order valence-electron chi connectivity index (χ2n) is 7.07. The summed E-state index contributed by atoms with van der Waals surface area (Å²) < 4.78 is 57.1. The van der Waals surface area contributed by atoms with Crippen molar-refractivity contribution in [3.8, 4) is 0 Å². The highest BCUT2D eigenvalue weighted by molar-refractivity contribution is 7.93. The smallest absolute Gasteiger partial charge is 0.265 e. The number of nitrogens with zero attached hydrogens (tertiary/aromatic N) is 3. The summed E-state index contributed by atoms with van der Waals surface area (Å²) in [4.78, 5) is 4.02. The third-order valence-corrected chi connectivity index (χ3v) is 8.59. The molecule has 1 fully saturated rings. The third-order valence-electron chi connectivity index (χ3n) is 4.93. The number of rotatable bonds is 7. The summed E-state index contributed by atoms with van der Waals surface area (Å²) in [5.74, 6) is 0. The fourth-order valence-corrected chi connectivity index (χ4v) is 6.47. The molecule has 2 heterocycles. The van der Waals surface area contributed by atoms with Crippen LogP contribution in [0.15, 0.2) is 51.8 Å². The van der Waals surface area contributed by atoms with E-state index in [0.29, 0.717) is 5.69 Å². The summed E-state index contributed by atoms with van der Waals surface area (Å²) >= 11 is 1.16. The Bertz CT molecular complexity index is 1230. The molecule has 3 aromatic rings. The third kappa shape index (κ3) is 4.35. The minimum absolute atomic E-state index is 0.00545. The standard InChI is InChI=1S/C18H21N5O4S3/c1-13-17(12-23(20-13)15-4-2-3-5-15)30(26,27)21-14-6-8-16(9-7-14)29(24,25)22-18-19-10-11-28-18/h6-12,15,21H,2-5H2,1H3,(H,19,22). The highest BCUT2D eigenvalue weighted by Gasteiger charge is 2.25. The van der Waals surface area contributed by atoms with Gasteiger partial charge in [0.2, 0.25) is 0 Å². The normalized spacial score (nSPS) is 15.4. The van der Waals surface area contributed by atoms with Crippen molar-refractivity contribution in [2.75, 3.05) is 9.44 Å². The Morgan fingerprint density at radius 2 is 1.73 bits per heavy atom. The lowest BCUT2D eigenvalue weighted by molar-refractivity contribution is 0.464. The van der Waals surface area contributed by atoms with Crippen LogP contribution in [0.4, 0.5) is 10.8 Å². The molecule has 0 saturated heterocycles. The molecule has 0 radical (unpaired) electrons. The number of nitrogens with one attached hydrogen (secondary N) is 2. The van der Waals surface area contributed by atoms with Gasteiger partial charge in [-0.3, -0.25) is 14.1 Å². The van der Waals surface area contributed by atoms with Gasteiger partial charge in [0.25, 0.3) is 20.0 Å². The molecule has 1 aliphatic rings. The molecular formula is C18H21N5O4S3. The van der Waals surface area contributed by atoms with Crippen molar-refractivity contribution >= 4 is 42.2 Å². The predicted molar refractivity (Wildman–Crippen MR) is 115 cm³/mol. The maximum atomic E-state index is 12.8. The number of aryl methyl sites for hydroxylation is 1. The van der Waals surface area contributed by atoms with Gasteiger partial charge in [-0.15, -0.1) is 11.3 Å². The second kappa shape index (κ2) is 8.00. The lowest BCUT2D eigenvalue weighted by atomic mass is 10.3. The van der Waals surface area contributed by atoms with Crippen LogP contribution in [0.3, 0.4) is 0 Å². The van der Waals surface area contributed by atoms with Gasteiger partial charge in [0, 0.05) is 23.5 Å². The minimum atomic E-state index is -3.85. The van der Waals surface area contributed by atoms with Gasteiger partial charge in [0.05, 0.1) is 16.6 Å². The van der Waals surface area contributed by atoms with E-state index in [9.17, 15) is 16.8 Å². The monoisotopic (exact) mass is 467 g/mol. The topological polar surface area (TPSA) is 123 Å². The molecule has 2 N–H and O–H groups in total. The molecule has 0 bridgehead atoms. The van der Waals surface area contributed by atoms with Crippen LogP contribution in [0.5, 0.6) is 0 Å². The van der Waals surface area contributed by atoms with Crippen molar-refractivity contribution in [2.24, 2.45) is 0 Å². The molecule has 12 heteroatoms. The summed E-state index contributed by atoms with van der Waals surface area (Å²) in [5, 5.41) is 6.31. The fraction of sp³-hybridized carbons (Fsp3) is 0.333. The molecule has 0 spiro atoms. The fourth-order valence-electron chi connectivity index (χ4n) is 3.44. The molecule has 1 aliphatic carbocycles. The van der Waals surface area contributed by atoms with Crippen LogP contribution >= 0.6 is 11.3 Å². The molecule has 0 aliphatic heterocycles. The van der Waals surface area contributed by atoms with E-state index < -0.39 is 20.0 Å². The first-order chi connectivity index (χ1) is 14.2. The van der Waals surface area contributed by atoms with E-state index in [1.165, 1.54) is 30.5 Å². The molecule has 1 aromatic carbocycles. The number of benzene rings is 1. The number of anilines is 2. The van der Waals surface area contributed by atoms with Crippen LogP contribution in [0.1, 0.15) is 37.4 Å². The van der Waals surface area contributed by atoms with Gasteiger partial charge in [0.15, 0.2) is 5.13 Å². The summed E-state index contributed by atoms with van der Waals surface area (Å²) in [6.45, 7) is 1.67. The van der Waals surface area contributed by atoms with Crippen LogP contribution in [0.2, 0.25) is 0 Å². The second-order valence-corrected chi connectivity index (χ2v) is 11.3. The highest BCUT2D eigenvalue weighted by atomic mass is 32.2. The minimum Gasteiger partial charge on any atom is -0.280 e. The highest BCUT2D eigenvalue weighted by Crippen LogP contribution is 2.30. The van der Waals surface area contributed by atoms with Crippen LogP contribution in [-0.4, -0.2) is 31.6 Å². The number of aromatic nitrogens is 3. The van der Waals surface area contributed by atoms with Gasteiger partial charge >= 0.3 is 0 Å². The van der Waals surface area contributed by atoms with Crippen molar-refractivity contribution in [3.05, 3.63) is 47.7 Å². The lowest BCUT2D eigenvalue weighted by Crippen LogP contribution is -2.15. The molecular weight excluding hydrogens is 446 g/mol. The maximum absolute atomic E-state index is 12.8. The van der Waals surface area contributed by atoms with Crippen LogP contribution in [0, 0.1) is 6.92 Å². The Hall–Kier alpha value is -2.44. The SMILES string of the molecule is Cc1nn(C2CCCC2)cc1S(=O)(=O)Nc1ccc(S(=O)(=O)Nc2nccs2)cc1. The Morgan fingerprint density at radius 1 is 1.03 bits per heavy atom. The van der Waals surface area contributed by atoms with Crippen molar-refractivity contribution in [1.82, 2.24) is 14.8 Å². The van der Waals surface area contributed by atoms with E-state index in [1.54, 1.807) is 23.2 Å². The summed E-state index contributed by atoms with van der Waals surface area (Å²) in [6.07, 6.45) is 7.31. The summed E-state index contributed by atoms with van der Waals surface area (Å²) in [5.41, 5.74) is 0.692. The maximum Gasteiger partial charge on any atom is 0.265 e. The average Bonchev–Trinajstić information content (AvgIpc) is 3.43.